The molecule has 1 saturated heterocycles. The van der Waals surface area contributed by atoms with Crippen LogP contribution in [0.25, 0.3) is 10.9 Å². The number of nitrogens with one attached hydrogen (secondary N) is 8. The molecule has 1 aliphatic heterocycles. The van der Waals surface area contributed by atoms with Gasteiger partial charge in [0.1, 0.15) is 36.3 Å². The first-order valence-corrected chi connectivity index (χ1v) is 24.9. The average molecular weight is 1030 g/mol. The van der Waals surface area contributed by atoms with Crippen LogP contribution in [0.2, 0.25) is 0 Å². The number of nitrogens with zero attached hydrogens (tertiary/aromatic N) is 3. The van der Waals surface area contributed by atoms with Crippen molar-refractivity contribution >= 4 is 64.1 Å². The lowest BCUT2D eigenvalue weighted by Gasteiger charge is -2.30. The molecule has 400 valence electrons. The first kappa shape index (κ1) is 57.0. The van der Waals surface area contributed by atoms with Crippen LogP contribution in [0.15, 0.2) is 78.3 Å². The molecule has 1 fully saturated rings. The molecule has 3 heterocycles. The molecule has 0 aliphatic carbocycles. The Morgan fingerprint density at radius 3 is 2.12 bits per heavy atom. The van der Waals surface area contributed by atoms with Gasteiger partial charge in [-0.3, -0.25) is 43.3 Å². The van der Waals surface area contributed by atoms with E-state index >= 15 is 0 Å². The number of aromatic amines is 2. The number of guanidine groups is 1. The first-order valence-electron chi connectivity index (χ1n) is 24.9. The Bertz CT molecular complexity index is 2550. The molecule has 0 saturated carbocycles. The maximum absolute atomic E-state index is 14.5. The van der Waals surface area contributed by atoms with Gasteiger partial charge in [-0.05, 0) is 74.6 Å². The van der Waals surface area contributed by atoms with Crippen molar-refractivity contribution in [3.8, 4) is 0 Å². The fourth-order valence-corrected chi connectivity index (χ4v) is 8.72. The number of carbonyl (C=O) groups excluding carboxylic acids is 8. The fraction of sp³-hybridized carbons (Fsp3) is 0.480. The Labute approximate surface area is 429 Å². The number of H-pyrrole nitrogens is 2. The molecular weight excluding hydrogens is 953 g/mol. The van der Waals surface area contributed by atoms with E-state index in [4.69, 9.17) is 28.7 Å². The molecule has 8 amide bonds. The van der Waals surface area contributed by atoms with Gasteiger partial charge in [0.05, 0.1) is 18.9 Å². The minimum absolute atomic E-state index is 0.00785. The maximum atomic E-state index is 14.5. The number of aliphatic imine (C=N–C) groups is 1. The molecule has 1 aliphatic rings. The van der Waals surface area contributed by atoms with E-state index in [0.717, 1.165) is 10.9 Å². The van der Waals surface area contributed by atoms with E-state index in [1.807, 2.05) is 24.3 Å². The lowest BCUT2D eigenvalue weighted by atomic mass is 10.0. The number of aromatic nitrogens is 3. The summed E-state index contributed by atoms with van der Waals surface area (Å²) in [6.45, 7) is 3.52. The van der Waals surface area contributed by atoms with Gasteiger partial charge in [0.15, 0.2) is 5.96 Å². The molecule has 4 aromatic rings. The van der Waals surface area contributed by atoms with Crippen molar-refractivity contribution in [3.05, 3.63) is 90.1 Å². The molecule has 2 aromatic heterocycles. The minimum atomic E-state index is -1.33. The Morgan fingerprint density at radius 2 is 1.43 bits per heavy atom. The summed E-state index contributed by atoms with van der Waals surface area (Å²) in [6.07, 6.45) is 6.99. The summed E-state index contributed by atoms with van der Waals surface area (Å²) in [5.74, 6) is -5.83. The van der Waals surface area contributed by atoms with Crippen molar-refractivity contribution in [1.82, 2.24) is 51.8 Å². The molecule has 24 nitrogen and oxygen atoms in total. The number of likely N-dealkylation sites (tertiary alicyclic amines) is 1. The zero-order valence-electron chi connectivity index (χ0n) is 41.9. The van der Waals surface area contributed by atoms with Gasteiger partial charge in [-0.1, -0.05) is 62.4 Å². The van der Waals surface area contributed by atoms with E-state index in [1.54, 1.807) is 50.4 Å². The molecule has 18 N–H and O–H groups in total. The maximum Gasteiger partial charge on any atom is 0.245 e. The quantitative estimate of drug-likeness (QED) is 0.0161. The number of imidazole rings is 1. The molecule has 0 spiro atoms. The van der Waals surface area contributed by atoms with E-state index in [9.17, 15) is 38.4 Å². The second-order valence-corrected chi connectivity index (χ2v) is 18.7. The van der Waals surface area contributed by atoms with E-state index in [-0.39, 0.29) is 63.5 Å². The summed E-state index contributed by atoms with van der Waals surface area (Å²) in [5, 5.41) is 17.1. The minimum Gasteiger partial charge on any atom is -0.370 e. The van der Waals surface area contributed by atoms with Crippen molar-refractivity contribution in [1.29, 1.82) is 0 Å². The van der Waals surface area contributed by atoms with Crippen molar-refractivity contribution in [3.63, 3.8) is 0 Å². The van der Waals surface area contributed by atoms with Gasteiger partial charge in [-0.25, -0.2) is 4.98 Å². The predicted molar refractivity (Wildman–Crippen MR) is 277 cm³/mol. The standard InChI is InChI=1S/C50H72N16O8/c1-29(2)42(43(53)68)65-48(73)40-18-11-21-66(40)49(74)37(16-8-9-19-51)61-41(67)27-59-45(70)39(23-31-25-58-35-15-7-6-14-33(31)35)64-46(71)36(17-10-20-57-50(54)55)62-47(72)38(22-30-12-4-3-5-13-30)63-44(69)34(52)24-32-26-56-28-60-32/h3-7,12-15,25-26,28-29,34,36-40,42,58H,8-11,16-24,27,51-52H2,1-2H3,(H2,53,68)(H,56,60)(H,59,70)(H,61,67)(H,62,72)(H,63,69)(H,64,71)(H,65,73)(H4,54,55,57)/t34-,36-,37-,38-,39-,40-,42-/m0/s1. The Kier molecular flexibility index (Phi) is 21.9. The lowest BCUT2D eigenvalue weighted by molar-refractivity contribution is -0.142. The summed E-state index contributed by atoms with van der Waals surface area (Å²) in [5.41, 5.74) is 31.4. The predicted octanol–water partition coefficient (Wildman–Crippen LogP) is -1.90. The van der Waals surface area contributed by atoms with Crippen LogP contribution in [-0.4, -0.2) is 142 Å². The molecule has 0 unspecified atom stereocenters. The number of unbranched alkanes of at least 4 members (excludes halogenated alkanes) is 1. The number of carbonyl (C=O) groups is 8. The number of para-hydroxylation sites is 1. The molecular formula is C50H72N16O8. The van der Waals surface area contributed by atoms with Gasteiger partial charge in [0.2, 0.25) is 47.3 Å². The number of benzene rings is 2. The van der Waals surface area contributed by atoms with Crippen LogP contribution in [-0.2, 0) is 57.6 Å². The lowest BCUT2D eigenvalue weighted by Crippen LogP contribution is -2.59. The monoisotopic (exact) mass is 1020 g/mol. The zero-order chi connectivity index (χ0) is 53.7. The summed E-state index contributed by atoms with van der Waals surface area (Å²) in [4.78, 5) is 125. The third-order valence-electron chi connectivity index (χ3n) is 12.7. The van der Waals surface area contributed by atoms with E-state index < -0.39 is 96.1 Å². The summed E-state index contributed by atoms with van der Waals surface area (Å²) >= 11 is 0. The molecule has 24 heteroatoms. The zero-order valence-corrected chi connectivity index (χ0v) is 41.9. The van der Waals surface area contributed by atoms with Crippen LogP contribution < -0.4 is 60.6 Å². The van der Waals surface area contributed by atoms with Crippen molar-refractivity contribution in [2.45, 2.75) is 120 Å². The van der Waals surface area contributed by atoms with Gasteiger partial charge in [-0.15, -0.1) is 0 Å². The molecule has 0 radical (unpaired) electrons. The number of rotatable bonds is 29. The average Bonchev–Trinajstić information content (AvgIpc) is 4.17. The second kappa shape index (κ2) is 28.4. The highest BCUT2D eigenvalue weighted by molar-refractivity contribution is 5.98. The third-order valence-corrected chi connectivity index (χ3v) is 12.7. The van der Waals surface area contributed by atoms with Crippen LogP contribution in [0.1, 0.15) is 75.6 Å². The Balaban J connectivity index is 1.35. The Hall–Kier alpha value is -7.86. The third kappa shape index (κ3) is 17.1. The summed E-state index contributed by atoms with van der Waals surface area (Å²) in [6, 6.07) is 8.45. The molecule has 74 heavy (non-hydrogen) atoms. The molecule has 5 rings (SSSR count). The first-order chi connectivity index (χ1) is 35.4. The number of fused-ring (bicyclic) bond motifs is 1. The largest absolute Gasteiger partial charge is 0.370 e. The number of amides is 8. The summed E-state index contributed by atoms with van der Waals surface area (Å²) < 4.78 is 0. The second-order valence-electron chi connectivity index (χ2n) is 18.7. The number of primary amides is 1. The van der Waals surface area contributed by atoms with E-state index in [2.05, 4.69) is 51.8 Å². The van der Waals surface area contributed by atoms with Crippen molar-refractivity contribution < 1.29 is 38.4 Å². The Morgan fingerprint density at radius 1 is 0.757 bits per heavy atom. The fourth-order valence-electron chi connectivity index (χ4n) is 8.72. The highest BCUT2D eigenvalue weighted by Crippen LogP contribution is 2.22. The van der Waals surface area contributed by atoms with Gasteiger partial charge in [0, 0.05) is 61.3 Å². The van der Waals surface area contributed by atoms with Crippen LogP contribution in [0.5, 0.6) is 0 Å². The smallest absolute Gasteiger partial charge is 0.245 e. The number of nitrogens with two attached hydrogens (primary N) is 5. The van der Waals surface area contributed by atoms with Crippen molar-refractivity contribution in [2.75, 3.05) is 26.2 Å². The van der Waals surface area contributed by atoms with Crippen LogP contribution >= 0.6 is 0 Å². The van der Waals surface area contributed by atoms with Crippen molar-refractivity contribution in [2.24, 2.45) is 39.6 Å². The number of hydrogen-bond donors (Lipinski definition) is 13. The molecule has 2 aromatic carbocycles. The molecule has 0 bridgehead atoms. The van der Waals surface area contributed by atoms with Gasteiger partial charge < -0.3 is 75.4 Å². The van der Waals surface area contributed by atoms with E-state index in [1.165, 1.54) is 17.4 Å². The van der Waals surface area contributed by atoms with Gasteiger partial charge in [-0.2, -0.15) is 0 Å². The highest BCUT2D eigenvalue weighted by atomic mass is 16.2. The topological polar surface area (TPSA) is 399 Å². The number of hydrogen-bond acceptors (Lipinski definition) is 12. The SMILES string of the molecule is CC(C)[C@H](NC(=O)[C@@H]1CCCN1C(=O)[C@H](CCCCN)NC(=O)CNC(=O)[C@H](Cc1c[nH]c2ccccc12)NC(=O)[C@H](CCCN=C(N)N)NC(=O)[C@H](Cc1ccccc1)NC(=O)[C@@H](N)Cc1cnc[nH]1)C(N)=O. The summed E-state index contributed by atoms with van der Waals surface area (Å²) in [7, 11) is 0. The van der Waals surface area contributed by atoms with Crippen LogP contribution in [0, 0.1) is 5.92 Å². The van der Waals surface area contributed by atoms with Crippen LogP contribution in [0.4, 0.5) is 0 Å². The van der Waals surface area contributed by atoms with Crippen LogP contribution in [0.3, 0.4) is 0 Å². The molecule has 7 atom stereocenters. The highest BCUT2D eigenvalue weighted by Gasteiger charge is 2.39. The normalized spacial score (nSPS) is 15.7. The van der Waals surface area contributed by atoms with Gasteiger partial charge >= 0.3 is 0 Å². The van der Waals surface area contributed by atoms with E-state index in [0.29, 0.717) is 49.0 Å². The van der Waals surface area contributed by atoms with Gasteiger partial charge in [0.25, 0.3) is 0 Å².